The van der Waals surface area contributed by atoms with E-state index in [2.05, 4.69) is 10.5 Å². The Labute approximate surface area is 175 Å². The summed E-state index contributed by atoms with van der Waals surface area (Å²) in [4.78, 5) is 12.6. The van der Waals surface area contributed by atoms with Crippen molar-refractivity contribution in [3.8, 4) is 5.75 Å². The summed E-state index contributed by atoms with van der Waals surface area (Å²) in [6.07, 6.45) is 1.29. The van der Waals surface area contributed by atoms with Gasteiger partial charge in [0.2, 0.25) is 0 Å². The molecule has 0 radical (unpaired) electrons. The summed E-state index contributed by atoms with van der Waals surface area (Å²) in [6, 6.07) is 21.4. The van der Waals surface area contributed by atoms with Crippen molar-refractivity contribution >= 4 is 27.8 Å². The number of hydrazone groups is 1. The fourth-order valence-electron chi connectivity index (χ4n) is 2.80. The number of hydrogen-bond acceptors (Lipinski definition) is 5. The van der Waals surface area contributed by atoms with Crippen molar-refractivity contribution in [2.24, 2.45) is 5.10 Å². The van der Waals surface area contributed by atoms with Gasteiger partial charge in [0.1, 0.15) is 12.3 Å². The first kappa shape index (κ1) is 21.1. The maximum Gasteiger partial charge on any atom is 0.264 e. The van der Waals surface area contributed by atoms with Gasteiger partial charge in [0, 0.05) is 5.56 Å². The summed E-state index contributed by atoms with van der Waals surface area (Å²) >= 11 is 0. The second kappa shape index (κ2) is 9.23. The van der Waals surface area contributed by atoms with Crippen molar-refractivity contribution in [2.75, 3.05) is 10.8 Å². The van der Waals surface area contributed by atoms with Crippen LogP contribution in [0.1, 0.15) is 11.1 Å². The molecule has 30 heavy (non-hydrogen) atoms. The molecule has 3 rings (SSSR count). The third-order valence-corrected chi connectivity index (χ3v) is 6.11. The lowest BCUT2D eigenvalue weighted by atomic mass is 10.2. The number of phenols is 1. The average molecular weight is 423 g/mol. The molecule has 3 aromatic rings. The predicted octanol–water partition coefficient (Wildman–Crippen LogP) is 3.05. The molecule has 0 aromatic heterocycles. The zero-order chi connectivity index (χ0) is 21.6. The lowest BCUT2D eigenvalue weighted by Crippen LogP contribution is -2.40. The lowest BCUT2D eigenvalue weighted by Gasteiger charge is -2.25. The Morgan fingerprint density at radius 2 is 1.63 bits per heavy atom. The molecule has 0 fully saturated rings. The van der Waals surface area contributed by atoms with Crippen LogP contribution in [0.25, 0.3) is 0 Å². The largest absolute Gasteiger partial charge is 0.507 e. The molecule has 0 heterocycles. The number of nitrogens with zero attached hydrogens (tertiary/aromatic N) is 2. The molecule has 8 heteroatoms. The Hall–Kier alpha value is -3.65. The van der Waals surface area contributed by atoms with Gasteiger partial charge in [-0.25, -0.2) is 13.8 Å². The van der Waals surface area contributed by atoms with E-state index in [1.165, 1.54) is 24.4 Å². The number of aromatic hydroxyl groups is 1. The Morgan fingerprint density at radius 3 is 2.33 bits per heavy atom. The third-order valence-electron chi connectivity index (χ3n) is 4.33. The topological polar surface area (TPSA) is 99.1 Å². The third kappa shape index (κ3) is 4.84. The van der Waals surface area contributed by atoms with Gasteiger partial charge in [-0.15, -0.1) is 0 Å². The van der Waals surface area contributed by atoms with Crippen LogP contribution in [0.5, 0.6) is 5.75 Å². The number of hydrogen-bond donors (Lipinski definition) is 2. The maximum atomic E-state index is 13.2. The summed E-state index contributed by atoms with van der Waals surface area (Å²) < 4.78 is 27.5. The number of benzene rings is 3. The molecule has 0 aliphatic carbocycles. The molecule has 7 nitrogen and oxygen atoms in total. The molecule has 0 unspecified atom stereocenters. The number of anilines is 1. The molecule has 154 valence electrons. The van der Waals surface area contributed by atoms with Gasteiger partial charge in [-0.2, -0.15) is 5.10 Å². The molecular weight excluding hydrogens is 402 g/mol. The number of sulfonamides is 1. The monoisotopic (exact) mass is 423 g/mol. The van der Waals surface area contributed by atoms with Crippen molar-refractivity contribution in [3.05, 3.63) is 90.0 Å². The standard InChI is InChI=1S/C22H21N3O4S/c1-17-9-5-7-13-20(17)25(30(28,29)19-11-3-2-4-12-19)16-22(27)24-23-15-18-10-6-8-14-21(18)26/h2-15,26H,16H2,1H3,(H,24,27)/b23-15-. The molecule has 1 amide bonds. The van der Waals surface area contributed by atoms with E-state index >= 15 is 0 Å². The van der Waals surface area contributed by atoms with Crippen LogP contribution in [0.2, 0.25) is 0 Å². The molecule has 0 saturated heterocycles. The minimum absolute atomic E-state index is 0.0173. The van der Waals surface area contributed by atoms with Crippen molar-refractivity contribution < 1.29 is 18.3 Å². The first-order valence-corrected chi connectivity index (χ1v) is 10.6. The molecule has 0 spiro atoms. The van der Waals surface area contributed by atoms with Gasteiger partial charge in [-0.05, 0) is 42.8 Å². The fraction of sp³-hybridized carbons (Fsp3) is 0.0909. The molecule has 0 bridgehead atoms. The maximum absolute atomic E-state index is 13.2. The van der Waals surface area contributed by atoms with Crippen LogP contribution in [0.3, 0.4) is 0 Å². The number of rotatable bonds is 7. The Morgan fingerprint density at radius 1 is 1.00 bits per heavy atom. The van der Waals surface area contributed by atoms with E-state index in [0.29, 0.717) is 16.8 Å². The van der Waals surface area contributed by atoms with E-state index in [-0.39, 0.29) is 10.6 Å². The van der Waals surface area contributed by atoms with Crippen LogP contribution in [-0.4, -0.2) is 32.2 Å². The Balaban J connectivity index is 1.85. The second-order valence-electron chi connectivity index (χ2n) is 6.46. The molecule has 0 saturated carbocycles. The molecule has 3 aromatic carbocycles. The number of carbonyl (C=O) groups is 1. The fourth-order valence-corrected chi connectivity index (χ4v) is 4.31. The van der Waals surface area contributed by atoms with Crippen molar-refractivity contribution in [3.63, 3.8) is 0 Å². The van der Waals surface area contributed by atoms with E-state index in [1.54, 1.807) is 67.6 Å². The van der Waals surface area contributed by atoms with Crippen LogP contribution in [-0.2, 0) is 14.8 Å². The van der Waals surface area contributed by atoms with Gasteiger partial charge in [-0.1, -0.05) is 48.5 Å². The van der Waals surface area contributed by atoms with Gasteiger partial charge in [-0.3, -0.25) is 9.10 Å². The van der Waals surface area contributed by atoms with E-state index in [4.69, 9.17) is 0 Å². The average Bonchev–Trinajstić information content (AvgIpc) is 2.74. The van der Waals surface area contributed by atoms with Crippen molar-refractivity contribution in [2.45, 2.75) is 11.8 Å². The highest BCUT2D eigenvalue weighted by molar-refractivity contribution is 7.92. The highest BCUT2D eigenvalue weighted by atomic mass is 32.2. The highest BCUT2D eigenvalue weighted by Gasteiger charge is 2.27. The molecular formula is C22H21N3O4S. The van der Waals surface area contributed by atoms with Gasteiger partial charge in [0.15, 0.2) is 0 Å². The van der Waals surface area contributed by atoms with Crippen LogP contribution >= 0.6 is 0 Å². The van der Waals surface area contributed by atoms with E-state index in [0.717, 1.165) is 4.31 Å². The molecule has 0 aliphatic heterocycles. The number of para-hydroxylation sites is 2. The summed E-state index contributed by atoms with van der Waals surface area (Å²) in [5, 5.41) is 13.6. The molecule has 0 aliphatic rings. The quantitative estimate of drug-likeness (QED) is 0.451. The lowest BCUT2D eigenvalue weighted by molar-refractivity contribution is -0.119. The first-order chi connectivity index (χ1) is 14.4. The number of phenolic OH excluding ortho intramolecular Hbond substituents is 1. The number of nitrogens with one attached hydrogen (secondary N) is 1. The van der Waals surface area contributed by atoms with Crippen molar-refractivity contribution in [1.29, 1.82) is 0 Å². The highest BCUT2D eigenvalue weighted by Crippen LogP contribution is 2.26. The van der Waals surface area contributed by atoms with E-state index < -0.39 is 22.5 Å². The Bertz CT molecular complexity index is 1160. The normalized spacial score (nSPS) is 11.4. The molecule has 2 N–H and O–H groups in total. The van der Waals surface area contributed by atoms with Gasteiger partial charge in [0.25, 0.3) is 15.9 Å². The van der Waals surface area contributed by atoms with Crippen molar-refractivity contribution in [1.82, 2.24) is 5.43 Å². The zero-order valence-corrected chi connectivity index (χ0v) is 17.1. The Kier molecular flexibility index (Phi) is 6.48. The predicted molar refractivity (Wildman–Crippen MR) is 116 cm³/mol. The minimum atomic E-state index is -3.97. The zero-order valence-electron chi connectivity index (χ0n) is 16.3. The SMILES string of the molecule is Cc1ccccc1N(CC(=O)N/N=C\c1ccccc1O)S(=O)(=O)c1ccccc1. The van der Waals surface area contributed by atoms with Crippen LogP contribution in [0.4, 0.5) is 5.69 Å². The number of amides is 1. The smallest absolute Gasteiger partial charge is 0.264 e. The summed E-state index contributed by atoms with van der Waals surface area (Å²) in [6.45, 7) is 1.32. The number of carbonyl (C=O) groups excluding carboxylic acids is 1. The van der Waals surface area contributed by atoms with Gasteiger partial charge >= 0.3 is 0 Å². The first-order valence-electron chi connectivity index (χ1n) is 9.13. The number of aryl methyl sites for hydroxylation is 1. The summed E-state index contributed by atoms with van der Waals surface area (Å²) in [5.41, 5.74) is 3.85. The minimum Gasteiger partial charge on any atom is -0.507 e. The van der Waals surface area contributed by atoms with Crippen LogP contribution in [0, 0.1) is 6.92 Å². The summed E-state index contributed by atoms with van der Waals surface area (Å²) in [5.74, 6) is -0.604. The van der Waals surface area contributed by atoms with E-state index in [9.17, 15) is 18.3 Å². The van der Waals surface area contributed by atoms with Gasteiger partial charge < -0.3 is 5.11 Å². The molecule has 0 atom stereocenters. The van der Waals surface area contributed by atoms with Gasteiger partial charge in [0.05, 0.1) is 16.8 Å². The second-order valence-corrected chi connectivity index (χ2v) is 8.33. The van der Waals surface area contributed by atoms with Crippen LogP contribution < -0.4 is 9.73 Å². The van der Waals surface area contributed by atoms with Crippen LogP contribution in [0.15, 0.2) is 88.9 Å². The summed E-state index contributed by atoms with van der Waals surface area (Å²) in [7, 11) is -3.97. The van der Waals surface area contributed by atoms with E-state index in [1.807, 2.05) is 0 Å².